The standard InChI is InChI=1S/C8H14O5/c1-6(2-3-9)7(11)4-8(12)13-5-10/h5-7,9,11H,2-4H2,1H3. The van der Waals surface area contributed by atoms with Crippen LogP contribution in [0.15, 0.2) is 0 Å². The molecule has 0 aromatic heterocycles. The van der Waals surface area contributed by atoms with Gasteiger partial charge in [0.1, 0.15) is 0 Å². The number of carbonyl (C=O) groups is 2. The Labute approximate surface area is 76.3 Å². The van der Waals surface area contributed by atoms with E-state index in [2.05, 4.69) is 4.74 Å². The number of ether oxygens (including phenoxy) is 1. The number of esters is 1. The Hall–Kier alpha value is -0.940. The van der Waals surface area contributed by atoms with Crippen molar-refractivity contribution >= 4 is 12.4 Å². The molecule has 0 saturated heterocycles. The maximum Gasteiger partial charge on any atom is 0.315 e. The van der Waals surface area contributed by atoms with Gasteiger partial charge in [0.15, 0.2) is 0 Å². The maximum atomic E-state index is 10.7. The lowest BCUT2D eigenvalue weighted by Gasteiger charge is -2.15. The fraction of sp³-hybridized carbons (Fsp3) is 0.750. The molecule has 0 bridgehead atoms. The van der Waals surface area contributed by atoms with Crippen LogP contribution in [-0.2, 0) is 14.3 Å². The lowest BCUT2D eigenvalue weighted by Crippen LogP contribution is -2.23. The molecule has 2 atom stereocenters. The number of hydrogen-bond acceptors (Lipinski definition) is 5. The highest BCUT2D eigenvalue weighted by molar-refractivity contribution is 5.76. The van der Waals surface area contributed by atoms with E-state index in [-0.39, 0.29) is 25.4 Å². The van der Waals surface area contributed by atoms with E-state index in [1.165, 1.54) is 0 Å². The van der Waals surface area contributed by atoms with Gasteiger partial charge in [-0.1, -0.05) is 6.92 Å². The molecule has 5 nitrogen and oxygen atoms in total. The third-order valence-corrected chi connectivity index (χ3v) is 1.80. The van der Waals surface area contributed by atoms with E-state index in [1.54, 1.807) is 6.92 Å². The van der Waals surface area contributed by atoms with E-state index >= 15 is 0 Å². The van der Waals surface area contributed by atoms with Crippen molar-refractivity contribution in [2.24, 2.45) is 5.92 Å². The van der Waals surface area contributed by atoms with Gasteiger partial charge in [-0.25, -0.2) is 0 Å². The van der Waals surface area contributed by atoms with Crippen molar-refractivity contribution in [1.82, 2.24) is 0 Å². The summed E-state index contributed by atoms with van der Waals surface area (Å²) in [5.74, 6) is -0.948. The minimum atomic E-state index is -0.875. The molecule has 76 valence electrons. The van der Waals surface area contributed by atoms with Crippen LogP contribution in [0.1, 0.15) is 19.8 Å². The topological polar surface area (TPSA) is 83.8 Å². The van der Waals surface area contributed by atoms with Crippen molar-refractivity contribution in [2.75, 3.05) is 6.61 Å². The van der Waals surface area contributed by atoms with E-state index in [0.29, 0.717) is 6.42 Å². The fourth-order valence-electron chi connectivity index (χ4n) is 0.870. The van der Waals surface area contributed by atoms with E-state index in [0.717, 1.165) is 0 Å². The van der Waals surface area contributed by atoms with E-state index < -0.39 is 12.1 Å². The number of hydrogen-bond donors (Lipinski definition) is 2. The highest BCUT2D eigenvalue weighted by Crippen LogP contribution is 2.11. The average Bonchev–Trinajstić information content (AvgIpc) is 2.05. The third kappa shape index (κ3) is 5.32. The molecule has 2 N–H and O–H groups in total. The van der Waals surface area contributed by atoms with Gasteiger partial charge in [-0.15, -0.1) is 0 Å². The molecule has 0 aliphatic rings. The number of aliphatic hydroxyl groups is 2. The normalized spacial score (nSPS) is 14.7. The molecule has 0 heterocycles. The predicted molar refractivity (Wildman–Crippen MR) is 43.6 cm³/mol. The first kappa shape index (κ1) is 12.1. The van der Waals surface area contributed by atoms with Crippen LogP contribution in [0.2, 0.25) is 0 Å². The van der Waals surface area contributed by atoms with Gasteiger partial charge in [-0.3, -0.25) is 9.59 Å². The molecule has 0 aromatic carbocycles. The SMILES string of the molecule is CC(CCO)C(O)CC(=O)OC=O. The van der Waals surface area contributed by atoms with Gasteiger partial charge in [-0.05, 0) is 12.3 Å². The highest BCUT2D eigenvalue weighted by atomic mass is 16.6. The largest absolute Gasteiger partial charge is 0.396 e. The lowest BCUT2D eigenvalue weighted by molar-refractivity contribution is -0.153. The molecular formula is C8H14O5. The van der Waals surface area contributed by atoms with Gasteiger partial charge in [0, 0.05) is 6.61 Å². The summed E-state index contributed by atoms with van der Waals surface area (Å²) in [7, 11) is 0. The third-order valence-electron chi connectivity index (χ3n) is 1.80. The van der Waals surface area contributed by atoms with Crippen LogP contribution in [0.25, 0.3) is 0 Å². The minimum Gasteiger partial charge on any atom is -0.396 e. The van der Waals surface area contributed by atoms with Crippen LogP contribution in [0.3, 0.4) is 0 Å². The van der Waals surface area contributed by atoms with Crippen molar-refractivity contribution in [1.29, 1.82) is 0 Å². The predicted octanol–water partition coefficient (Wildman–Crippen LogP) is -0.545. The van der Waals surface area contributed by atoms with Crippen molar-refractivity contribution in [3.63, 3.8) is 0 Å². The summed E-state index contributed by atoms with van der Waals surface area (Å²) in [5, 5.41) is 17.9. The van der Waals surface area contributed by atoms with Crippen molar-refractivity contribution in [3.8, 4) is 0 Å². The Balaban J connectivity index is 3.77. The van der Waals surface area contributed by atoms with Crippen molar-refractivity contribution < 1.29 is 24.5 Å². The summed E-state index contributed by atoms with van der Waals surface area (Å²) >= 11 is 0. The molecule has 0 spiro atoms. The summed E-state index contributed by atoms with van der Waals surface area (Å²) in [6.07, 6.45) is -0.685. The van der Waals surface area contributed by atoms with Gasteiger partial charge in [0.25, 0.3) is 0 Å². The molecule has 0 rings (SSSR count). The second-order valence-corrected chi connectivity index (χ2v) is 2.85. The lowest BCUT2D eigenvalue weighted by atomic mass is 9.99. The molecule has 5 heteroatoms. The Morgan fingerprint density at radius 1 is 1.62 bits per heavy atom. The van der Waals surface area contributed by atoms with E-state index in [4.69, 9.17) is 5.11 Å². The van der Waals surface area contributed by atoms with Crippen LogP contribution in [0.5, 0.6) is 0 Å². The Kier molecular flexibility index (Phi) is 6.09. The van der Waals surface area contributed by atoms with Crippen molar-refractivity contribution in [2.45, 2.75) is 25.9 Å². The summed E-state index contributed by atoms with van der Waals surface area (Å²) in [6, 6.07) is 0. The van der Waals surface area contributed by atoms with E-state index in [1.807, 2.05) is 0 Å². The second kappa shape index (κ2) is 6.56. The zero-order valence-corrected chi connectivity index (χ0v) is 7.47. The Bertz CT molecular complexity index is 168. The Morgan fingerprint density at radius 2 is 2.23 bits per heavy atom. The first-order chi connectivity index (χ1) is 6.11. The number of aliphatic hydroxyl groups excluding tert-OH is 2. The first-order valence-electron chi connectivity index (χ1n) is 4.03. The van der Waals surface area contributed by atoms with Gasteiger partial charge in [0.2, 0.25) is 0 Å². The monoisotopic (exact) mass is 190 g/mol. The smallest absolute Gasteiger partial charge is 0.315 e. The molecular weight excluding hydrogens is 176 g/mol. The molecule has 0 aromatic rings. The first-order valence-corrected chi connectivity index (χ1v) is 4.03. The summed E-state index contributed by atoms with van der Waals surface area (Å²) in [5.41, 5.74) is 0. The van der Waals surface area contributed by atoms with Gasteiger partial charge >= 0.3 is 12.4 Å². The highest BCUT2D eigenvalue weighted by Gasteiger charge is 2.18. The van der Waals surface area contributed by atoms with Crippen LogP contribution in [0, 0.1) is 5.92 Å². The average molecular weight is 190 g/mol. The molecule has 0 fully saturated rings. The van der Waals surface area contributed by atoms with Crippen LogP contribution in [-0.4, -0.2) is 35.4 Å². The Morgan fingerprint density at radius 3 is 2.69 bits per heavy atom. The van der Waals surface area contributed by atoms with Crippen LogP contribution < -0.4 is 0 Å². The molecule has 0 radical (unpaired) electrons. The van der Waals surface area contributed by atoms with E-state index in [9.17, 15) is 14.7 Å². The number of rotatable bonds is 6. The minimum absolute atomic E-state index is 0.0335. The van der Waals surface area contributed by atoms with Gasteiger partial charge in [-0.2, -0.15) is 0 Å². The summed E-state index contributed by atoms with van der Waals surface area (Å²) in [4.78, 5) is 20.4. The molecule has 13 heavy (non-hydrogen) atoms. The second-order valence-electron chi connectivity index (χ2n) is 2.85. The molecule has 2 unspecified atom stereocenters. The van der Waals surface area contributed by atoms with Crippen LogP contribution in [0.4, 0.5) is 0 Å². The maximum absolute atomic E-state index is 10.7. The zero-order valence-electron chi connectivity index (χ0n) is 7.47. The molecule has 0 aliphatic heterocycles. The summed E-state index contributed by atoms with van der Waals surface area (Å²) in [6.45, 7) is 1.70. The number of carbonyl (C=O) groups excluding carboxylic acids is 2. The quantitative estimate of drug-likeness (QED) is 0.333. The van der Waals surface area contributed by atoms with Gasteiger partial charge in [0.05, 0.1) is 12.5 Å². The molecule has 0 saturated carbocycles. The van der Waals surface area contributed by atoms with Crippen molar-refractivity contribution in [3.05, 3.63) is 0 Å². The molecule has 0 aliphatic carbocycles. The van der Waals surface area contributed by atoms with Gasteiger partial charge < -0.3 is 14.9 Å². The van der Waals surface area contributed by atoms with Crippen LogP contribution >= 0.6 is 0 Å². The zero-order chi connectivity index (χ0) is 10.3. The fourth-order valence-corrected chi connectivity index (χ4v) is 0.870. The summed E-state index contributed by atoms with van der Waals surface area (Å²) < 4.78 is 4.00. The molecule has 0 amide bonds.